The Morgan fingerprint density at radius 2 is 1.52 bits per heavy atom. The van der Waals surface area contributed by atoms with Crippen molar-refractivity contribution in [3.63, 3.8) is 0 Å². The second-order valence-corrected chi connectivity index (χ2v) is 8.28. The zero-order valence-electron chi connectivity index (χ0n) is 18.2. The van der Waals surface area contributed by atoms with Gasteiger partial charge in [-0.15, -0.1) is 0 Å². The lowest BCUT2D eigenvalue weighted by molar-refractivity contribution is -0.856. The molecule has 152 valence electrons. The monoisotopic (exact) mass is 387 g/mol. The summed E-state index contributed by atoms with van der Waals surface area (Å²) in [6.45, 7) is 10.1. The largest absolute Gasteiger partial charge is 0.372 e. The van der Waals surface area contributed by atoms with Crippen LogP contribution in [0.3, 0.4) is 0 Å². The Labute approximate surface area is 176 Å². The van der Waals surface area contributed by atoms with Gasteiger partial charge in [-0.05, 0) is 50.3 Å². The Morgan fingerprint density at radius 1 is 0.793 bits per heavy atom. The molecule has 1 N–H and O–H groups in total. The number of anilines is 1. The van der Waals surface area contributed by atoms with Gasteiger partial charge in [-0.2, -0.15) is 0 Å². The molecule has 2 atom stereocenters. The molecular formula is C27H35N2+. The summed E-state index contributed by atoms with van der Waals surface area (Å²) in [6, 6.07) is 23.5. The van der Waals surface area contributed by atoms with Crippen LogP contribution in [0.1, 0.15) is 63.6 Å². The predicted octanol–water partition coefficient (Wildman–Crippen LogP) is 5.89. The van der Waals surface area contributed by atoms with Crippen molar-refractivity contribution in [2.24, 2.45) is 0 Å². The fraction of sp³-hybridized carbons (Fsp3) is 0.407. The number of hydrogen-bond acceptors (Lipinski definition) is 1. The van der Waals surface area contributed by atoms with Crippen LogP contribution < -0.4 is 9.80 Å². The molecule has 0 bridgehead atoms. The van der Waals surface area contributed by atoms with Gasteiger partial charge in [-0.1, -0.05) is 62.2 Å². The van der Waals surface area contributed by atoms with Gasteiger partial charge in [0.1, 0.15) is 11.7 Å². The van der Waals surface area contributed by atoms with Crippen LogP contribution in [0.2, 0.25) is 0 Å². The number of benzene rings is 3. The minimum Gasteiger partial charge on any atom is -0.372 e. The van der Waals surface area contributed by atoms with Gasteiger partial charge in [0, 0.05) is 29.9 Å². The first-order valence-electron chi connectivity index (χ1n) is 11.5. The minimum absolute atomic E-state index is 0.406. The van der Waals surface area contributed by atoms with Gasteiger partial charge in [0.05, 0.1) is 11.9 Å². The van der Waals surface area contributed by atoms with Gasteiger partial charge >= 0.3 is 0 Å². The molecule has 0 fully saturated rings. The van der Waals surface area contributed by atoms with Crippen LogP contribution in [0, 0.1) is 0 Å². The lowest BCUT2D eigenvalue weighted by atomic mass is 9.96. The van der Waals surface area contributed by atoms with Gasteiger partial charge in [0.15, 0.2) is 0 Å². The summed E-state index contributed by atoms with van der Waals surface area (Å²) in [5.74, 6) is 0. The fourth-order valence-electron chi connectivity index (χ4n) is 5.09. The Balaban J connectivity index is 1.71. The Morgan fingerprint density at radius 3 is 2.21 bits per heavy atom. The Bertz CT molecular complexity index is 935. The van der Waals surface area contributed by atoms with Crippen LogP contribution in [-0.2, 0) is 0 Å². The Hall–Kier alpha value is -2.32. The topological polar surface area (TPSA) is 7.68 Å². The van der Waals surface area contributed by atoms with E-state index in [-0.39, 0.29) is 0 Å². The summed E-state index contributed by atoms with van der Waals surface area (Å²) >= 11 is 0. The highest BCUT2D eigenvalue weighted by atomic mass is 15.2. The van der Waals surface area contributed by atoms with Gasteiger partial charge in [-0.25, -0.2) is 0 Å². The fourth-order valence-corrected chi connectivity index (χ4v) is 5.09. The van der Waals surface area contributed by atoms with E-state index in [2.05, 4.69) is 86.3 Å². The molecule has 0 saturated heterocycles. The van der Waals surface area contributed by atoms with Crippen molar-refractivity contribution in [2.45, 2.75) is 52.5 Å². The van der Waals surface area contributed by atoms with Gasteiger partial charge in [-0.3, -0.25) is 4.90 Å². The average Bonchev–Trinajstić information content (AvgIpc) is 3.08. The van der Waals surface area contributed by atoms with E-state index in [1.807, 2.05) is 0 Å². The maximum absolute atomic E-state index is 2.42. The van der Waals surface area contributed by atoms with Gasteiger partial charge in [0.2, 0.25) is 0 Å². The van der Waals surface area contributed by atoms with Crippen LogP contribution in [0.5, 0.6) is 0 Å². The first kappa shape index (κ1) is 20.0. The molecule has 0 radical (unpaired) electrons. The quantitative estimate of drug-likeness (QED) is 0.450. The maximum atomic E-state index is 2.42. The van der Waals surface area contributed by atoms with Crippen molar-refractivity contribution in [1.29, 1.82) is 0 Å². The SMILES string of the molecule is CCCCCC[NH+]1c2cccc3cccc(c23)C1c1ccc(N(CC)CC)cc1. The van der Waals surface area contributed by atoms with E-state index < -0.39 is 0 Å². The molecule has 2 nitrogen and oxygen atoms in total. The van der Waals surface area contributed by atoms with Crippen molar-refractivity contribution in [3.05, 3.63) is 71.8 Å². The zero-order valence-corrected chi connectivity index (χ0v) is 18.2. The van der Waals surface area contributed by atoms with E-state index in [4.69, 9.17) is 0 Å². The molecule has 0 saturated carbocycles. The molecule has 4 rings (SSSR count). The van der Waals surface area contributed by atoms with Crippen LogP contribution >= 0.6 is 0 Å². The molecule has 0 amide bonds. The van der Waals surface area contributed by atoms with Crippen molar-refractivity contribution in [1.82, 2.24) is 0 Å². The van der Waals surface area contributed by atoms with E-state index in [1.54, 1.807) is 4.90 Å². The molecule has 0 aromatic heterocycles. The van der Waals surface area contributed by atoms with E-state index in [0.29, 0.717) is 6.04 Å². The third-order valence-corrected chi connectivity index (χ3v) is 6.60. The van der Waals surface area contributed by atoms with Crippen LogP contribution in [0.25, 0.3) is 10.8 Å². The summed E-state index contributed by atoms with van der Waals surface area (Å²) < 4.78 is 0. The number of quaternary nitrogens is 1. The molecule has 3 aromatic carbocycles. The highest BCUT2D eigenvalue weighted by Crippen LogP contribution is 2.37. The highest BCUT2D eigenvalue weighted by molar-refractivity contribution is 5.95. The maximum Gasteiger partial charge on any atom is 0.144 e. The number of nitrogens with one attached hydrogen (secondary N) is 1. The first-order valence-corrected chi connectivity index (χ1v) is 11.5. The predicted molar refractivity (Wildman–Crippen MR) is 125 cm³/mol. The number of hydrogen-bond donors (Lipinski definition) is 1. The molecule has 1 aliphatic rings. The summed E-state index contributed by atoms with van der Waals surface area (Å²) in [4.78, 5) is 4.05. The summed E-state index contributed by atoms with van der Waals surface area (Å²) in [6.07, 6.45) is 5.26. The van der Waals surface area contributed by atoms with Gasteiger partial charge < -0.3 is 4.90 Å². The molecule has 0 aliphatic carbocycles. The normalized spacial score (nSPS) is 17.8. The lowest BCUT2D eigenvalue weighted by Crippen LogP contribution is -3.06. The molecule has 2 unspecified atom stereocenters. The highest BCUT2D eigenvalue weighted by Gasteiger charge is 2.37. The van der Waals surface area contributed by atoms with E-state index >= 15 is 0 Å². The van der Waals surface area contributed by atoms with E-state index in [1.165, 1.54) is 65.5 Å². The molecule has 0 spiro atoms. The minimum atomic E-state index is 0.406. The van der Waals surface area contributed by atoms with Crippen LogP contribution in [0.4, 0.5) is 11.4 Å². The molecule has 29 heavy (non-hydrogen) atoms. The average molecular weight is 388 g/mol. The standard InChI is InChI=1S/C27H34N2/c1-4-7-8-9-20-29-25-15-11-13-21-12-10-14-24(26(21)25)27(29)22-16-18-23(19-17-22)28(5-2)6-3/h10-19,27H,4-9,20H2,1-3H3/p+1. The van der Waals surface area contributed by atoms with Crippen molar-refractivity contribution in [2.75, 3.05) is 24.5 Å². The van der Waals surface area contributed by atoms with Gasteiger partial charge in [0.25, 0.3) is 0 Å². The molecule has 1 heterocycles. The number of unbranched alkanes of at least 4 members (excludes halogenated alkanes) is 3. The lowest BCUT2D eigenvalue weighted by Gasteiger charge is -2.25. The van der Waals surface area contributed by atoms with Crippen LogP contribution in [-0.4, -0.2) is 19.6 Å². The second-order valence-electron chi connectivity index (χ2n) is 8.28. The first-order chi connectivity index (χ1) is 14.3. The van der Waals surface area contributed by atoms with E-state index in [0.717, 1.165) is 13.1 Å². The molecule has 3 aromatic rings. The molecular weight excluding hydrogens is 352 g/mol. The molecule has 2 heteroatoms. The summed E-state index contributed by atoms with van der Waals surface area (Å²) in [5, 5.41) is 2.87. The number of nitrogens with zero attached hydrogens (tertiary/aromatic N) is 1. The Kier molecular flexibility index (Phi) is 6.20. The van der Waals surface area contributed by atoms with Crippen molar-refractivity contribution >= 4 is 22.1 Å². The van der Waals surface area contributed by atoms with Crippen LogP contribution in [0.15, 0.2) is 60.7 Å². The van der Waals surface area contributed by atoms with Crippen molar-refractivity contribution in [3.8, 4) is 0 Å². The molecule has 1 aliphatic heterocycles. The second kappa shape index (κ2) is 9.00. The van der Waals surface area contributed by atoms with Crippen molar-refractivity contribution < 1.29 is 4.90 Å². The summed E-state index contributed by atoms with van der Waals surface area (Å²) in [5.41, 5.74) is 5.76. The third-order valence-electron chi connectivity index (χ3n) is 6.60. The smallest absolute Gasteiger partial charge is 0.144 e. The van der Waals surface area contributed by atoms with E-state index in [9.17, 15) is 0 Å². The zero-order chi connectivity index (χ0) is 20.2. The third kappa shape index (κ3) is 3.79. The summed E-state index contributed by atoms with van der Waals surface area (Å²) in [7, 11) is 0. The number of rotatable bonds is 9.